The highest BCUT2D eigenvalue weighted by atomic mass is 16.3. The van der Waals surface area contributed by atoms with Crippen LogP contribution in [-0.2, 0) is 4.79 Å². The fourth-order valence-corrected chi connectivity index (χ4v) is 1.02. The predicted molar refractivity (Wildman–Crippen MR) is 54.5 cm³/mol. The first-order valence-electron chi connectivity index (χ1n) is 5.13. The lowest BCUT2D eigenvalue weighted by atomic mass is 9.98. The monoisotopic (exact) mass is 186 g/mol. The van der Waals surface area contributed by atoms with Crippen LogP contribution in [0, 0.1) is 11.8 Å². The Morgan fingerprint density at radius 1 is 1.23 bits per heavy atom. The molecule has 1 unspecified atom stereocenters. The molecule has 0 saturated heterocycles. The van der Waals surface area contributed by atoms with E-state index in [0.717, 1.165) is 6.42 Å². The van der Waals surface area contributed by atoms with Crippen molar-refractivity contribution >= 4 is 5.78 Å². The second-order valence-electron chi connectivity index (χ2n) is 4.49. The van der Waals surface area contributed by atoms with Gasteiger partial charge in [0.15, 0.2) is 0 Å². The molecule has 0 amide bonds. The van der Waals surface area contributed by atoms with E-state index in [9.17, 15) is 9.90 Å². The van der Waals surface area contributed by atoms with E-state index in [4.69, 9.17) is 0 Å². The van der Waals surface area contributed by atoms with E-state index in [-0.39, 0.29) is 11.7 Å². The number of ketones is 1. The van der Waals surface area contributed by atoms with Crippen molar-refractivity contribution in [1.82, 2.24) is 0 Å². The molecule has 0 saturated carbocycles. The van der Waals surface area contributed by atoms with Crippen LogP contribution < -0.4 is 0 Å². The van der Waals surface area contributed by atoms with E-state index in [1.165, 1.54) is 0 Å². The molecule has 0 bridgehead atoms. The van der Waals surface area contributed by atoms with Gasteiger partial charge in [0.05, 0.1) is 6.10 Å². The molecular formula is C11H22O2. The summed E-state index contributed by atoms with van der Waals surface area (Å²) in [5.41, 5.74) is 0. The Hall–Kier alpha value is -0.370. The molecule has 0 aliphatic carbocycles. The molecule has 0 rings (SSSR count). The number of carbonyl (C=O) groups is 1. The van der Waals surface area contributed by atoms with Crippen molar-refractivity contribution in [2.75, 3.05) is 0 Å². The SMILES string of the molecule is CC(C)CCC(=O)CC(O)C(C)C. The van der Waals surface area contributed by atoms with Crippen LogP contribution in [0.25, 0.3) is 0 Å². The average Bonchev–Trinajstić information content (AvgIpc) is 2.00. The number of rotatable bonds is 6. The molecule has 2 nitrogen and oxygen atoms in total. The Morgan fingerprint density at radius 3 is 2.15 bits per heavy atom. The Balaban J connectivity index is 3.62. The van der Waals surface area contributed by atoms with Crippen molar-refractivity contribution < 1.29 is 9.90 Å². The highest BCUT2D eigenvalue weighted by molar-refractivity contribution is 5.78. The van der Waals surface area contributed by atoms with Gasteiger partial charge in [-0.1, -0.05) is 27.7 Å². The first kappa shape index (κ1) is 12.6. The molecule has 1 atom stereocenters. The minimum absolute atomic E-state index is 0.183. The first-order valence-corrected chi connectivity index (χ1v) is 5.13. The van der Waals surface area contributed by atoms with Crippen molar-refractivity contribution in [1.29, 1.82) is 0 Å². The molecule has 0 aromatic heterocycles. The molecule has 0 fully saturated rings. The molecular weight excluding hydrogens is 164 g/mol. The second kappa shape index (κ2) is 6.14. The van der Waals surface area contributed by atoms with Crippen molar-refractivity contribution in [3.05, 3.63) is 0 Å². The maximum absolute atomic E-state index is 11.3. The molecule has 78 valence electrons. The third kappa shape index (κ3) is 6.76. The van der Waals surface area contributed by atoms with Gasteiger partial charge in [-0.05, 0) is 18.3 Å². The summed E-state index contributed by atoms with van der Waals surface area (Å²) in [5, 5.41) is 9.44. The molecule has 0 heterocycles. The van der Waals surface area contributed by atoms with Crippen LogP contribution in [0.3, 0.4) is 0 Å². The average molecular weight is 186 g/mol. The molecule has 0 aromatic rings. The van der Waals surface area contributed by atoms with Gasteiger partial charge in [-0.15, -0.1) is 0 Å². The standard InChI is InChI=1S/C11H22O2/c1-8(2)5-6-10(12)7-11(13)9(3)4/h8-9,11,13H,5-7H2,1-4H3. The van der Waals surface area contributed by atoms with Gasteiger partial charge in [-0.25, -0.2) is 0 Å². The van der Waals surface area contributed by atoms with Crippen molar-refractivity contribution in [2.45, 2.75) is 53.1 Å². The Morgan fingerprint density at radius 2 is 1.77 bits per heavy atom. The molecule has 13 heavy (non-hydrogen) atoms. The third-order valence-corrected chi connectivity index (χ3v) is 2.21. The molecule has 0 aliphatic rings. The fraction of sp³-hybridized carbons (Fsp3) is 0.909. The van der Waals surface area contributed by atoms with Crippen LogP contribution >= 0.6 is 0 Å². The normalized spacial score (nSPS) is 13.8. The van der Waals surface area contributed by atoms with Gasteiger partial charge in [0.25, 0.3) is 0 Å². The summed E-state index contributed by atoms with van der Waals surface area (Å²) in [6, 6.07) is 0. The van der Waals surface area contributed by atoms with Gasteiger partial charge in [0, 0.05) is 12.8 Å². The van der Waals surface area contributed by atoms with Crippen molar-refractivity contribution in [3.8, 4) is 0 Å². The summed E-state index contributed by atoms with van der Waals surface area (Å²) in [5.74, 6) is 0.943. The zero-order chi connectivity index (χ0) is 10.4. The second-order valence-corrected chi connectivity index (χ2v) is 4.49. The molecule has 0 spiro atoms. The number of carbonyl (C=O) groups excluding carboxylic acids is 1. The minimum atomic E-state index is -0.459. The quantitative estimate of drug-likeness (QED) is 0.691. The maximum atomic E-state index is 11.3. The maximum Gasteiger partial charge on any atom is 0.135 e. The highest BCUT2D eigenvalue weighted by Crippen LogP contribution is 2.10. The molecule has 0 aromatic carbocycles. The Labute approximate surface area is 81.3 Å². The minimum Gasteiger partial charge on any atom is -0.392 e. The smallest absolute Gasteiger partial charge is 0.135 e. The van der Waals surface area contributed by atoms with Gasteiger partial charge in [-0.2, -0.15) is 0 Å². The topological polar surface area (TPSA) is 37.3 Å². The highest BCUT2D eigenvalue weighted by Gasteiger charge is 2.14. The van der Waals surface area contributed by atoms with E-state index in [0.29, 0.717) is 18.8 Å². The van der Waals surface area contributed by atoms with Gasteiger partial charge in [0.2, 0.25) is 0 Å². The van der Waals surface area contributed by atoms with Crippen LogP contribution in [0.4, 0.5) is 0 Å². The van der Waals surface area contributed by atoms with E-state index in [1.54, 1.807) is 0 Å². The molecule has 1 N–H and O–H groups in total. The van der Waals surface area contributed by atoms with Crippen LogP contribution in [0.5, 0.6) is 0 Å². The third-order valence-electron chi connectivity index (χ3n) is 2.21. The van der Waals surface area contributed by atoms with Crippen molar-refractivity contribution in [3.63, 3.8) is 0 Å². The van der Waals surface area contributed by atoms with Crippen LogP contribution in [0.2, 0.25) is 0 Å². The van der Waals surface area contributed by atoms with Gasteiger partial charge >= 0.3 is 0 Å². The summed E-state index contributed by atoms with van der Waals surface area (Å²) in [6.45, 7) is 8.07. The van der Waals surface area contributed by atoms with E-state index < -0.39 is 6.10 Å². The zero-order valence-corrected chi connectivity index (χ0v) is 9.21. The summed E-state index contributed by atoms with van der Waals surface area (Å²) in [6.07, 6.45) is 1.41. The molecule has 0 radical (unpaired) electrons. The number of aliphatic hydroxyl groups is 1. The Bertz CT molecular complexity index is 150. The largest absolute Gasteiger partial charge is 0.392 e. The lowest BCUT2D eigenvalue weighted by Crippen LogP contribution is -2.19. The Kier molecular flexibility index (Phi) is 5.97. The van der Waals surface area contributed by atoms with Crippen molar-refractivity contribution in [2.24, 2.45) is 11.8 Å². The summed E-state index contributed by atoms with van der Waals surface area (Å²) in [4.78, 5) is 11.3. The predicted octanol–water partition coefficient (Wildman–Crippen LogP) is 2.40. The summed E-state index contributed by atoms with van der Waals surface area (Å²) >= 11 is 0. The molecule has 2 heteroatoms. The van der Waals surface area contributed by atoms with Gasteiger partial charge in [0.1, 0.15) is 5.78 Å². The number of hydrogen-bond donors (Lipinski definition) is 1. The lowest BCUT2D eigenvalue weighted by molar-refractivity contribution is -0.121. The van der Waals surface area contributed by atoms with Gasteiger partial charge in [-0.3, -0.25) is 4.79 Å². The molecule has 0 aliphatic heterocycles. The summed E-state index contributed by atoms with van der Waals surface area (Å²) < 4.78 is 0. The number of Topliss-reactive ketones (excluding diaryl/α,β-unsaturated/α-hetero) is 1. The number of hydrogen-bond acceptors (Lipinski definition) is 2. The lowest BCUT2D eigenvalue weighted by Gasteiger charge is -2.13. The van der Waals surface area contributed by atoms with E-state index in [2.05, 4.69) is 13.8 Å². The van der Waals surface area contributed by atoms with Crippen LogP contribution in [0.15, 0.2) is 0 Å². The van der Waals surface area contributed by atoms with Gasteiger partial charge < -0.3 is 5.11 Å². The zero-order valence-electron chi connectivity index (χ0n) is 9.21. The van der Waals surface area contributed by atoms with E-state index in [1.807, 2.05) is 13.8 Å². The van der Waals surface area contributed by atoms with Crippen LogP contribution in [0.1, 0.15) is 47.0 Å². The first-order chi connectivity index (χ1) is 5.93. The van der Waals surface area contributed by atoms with Crippen LogP contribution in [-0.4, -0.2) is 17.0 Å². The number of aliphatic hydroxyl groups excluding tert-OH is 1. The summed E-state index contributed by atoms with van der Waals surface area (Å²) in [7, 11) is 0. The van der Waals surface area contributed by atoms with E-state index >= 15 is 0 Å². The fourth-order valence-electron chi connectivity index (χ4n) is 1.02.